The van der Waals surface area contributed by atoms with Gasteiger partial charge in [0.2, 0.25) is 17.7 Å². The summed E-state index contributed by atoms with van der Waals surface area (Å²) in [5, 5.41) is 7.92. The minimum absolute atomic E-state index is 0.0269. The number of pyridine rings is 1. The summed E-state index contributed by atoms with van der Waals surface area (Å²) in [6.07, 6.45) is 4.35. The lowest BCUT2D eigenvalue weighted by atomic mass is 10.2. The number of benzene rings is 4. The van der Waals surface area contributed by atoms with E-state index < -0.39 is 20.1 Å². The van der Waals surface area contributed by atoms with Crippen LogP contribution < -0.4 is 35.4 Å². The highest BCUT2D eigenvalue weighted by Gasteiger charge is 2.50. The molecule has 0 bridgehead atoms. The first-order valence-electron chi connectivity index (χ1n) is 19.6. The Labute approximate surface area is 366 Å². The number of nitrogens with one attached hydrogen (secondary N) is 2. The Bertz CT molecular complexity index is 2490. The van der Waals surface area contributed by atoms with Crippen molar-refractivity contribution in [2.24, 2.45) is 0 Å². The highest BCUT2D eigenvalue weighted by atomic mass is 35.5. The molecule has 0 saturated heterocycles. The third kappa shape index (κ3) is 10.1. The fourth-order valence-corrected chi connectivity index (χ4v) is 12.4. The van der Waals surface area contributed by atoms with Crippen LogP contribution >= 0.6 is 23.2 Å². The Morgan fingerprint density at radius 3 is 2.20 bits per heavy atom. The molecule has 0 unspecified atom stereocenters. The van der Waals surface area contributed by atoms with Crippen LogP contribution in [0.1, 0.15) is 38.8 Å². The Morgan fingerprint density at radius 2 is 1.59 bits per heavy atom. The van der Waals surface area contributed by atoms with Gasteiger partial charge in [0.15, 0.2) is 0 Å². The standard InChI is InChI=1S/C46H48Cl2N6O6Si/c1-31(55)51-40-24-20-32(28-49-40)21-25-41(56)50-29-42(57)53(5)38-23-22-36(47)35(43(38)48)30-59-39-19-13-18-37-44(39)54(45(52-37)58-6)26-27-60-61(46(2,3)4,33-14-9-7-10-15-33)34-16-11-8-12-17-34/h7-25,28H,26-27,29-30H2,1-6H3,(H,50,56)(H,49,51,55)/b25-21+. The molecule has 316 valence electrons. The van der Waals surface area contributed by atoms with Gasteiger partial charge in [0.25, 0.3) is 14.3 Å². The first kappa shape index (κ1) is 44.6. The number of hydrogen-bond acceptors (Lipinski definition) is 8. The number of amides is 3. The summed E-state index contributed by atoms with van der Waals surface area (Å²) in [6.45, 7) is 8.59. The van der Waals surface area contributed by atoms with E-state index in [-0.39, 0.29) is 29.1 Å². The zero-order valence-electron chi connectivity index (χ0n) is 34.9. The minimum Gasteiger partial charge on any atom is -0.487 e. The molecule has 4 aromatic carbocycles. The predicted molar refractivity (Wildman–Crippen MR) is 245 cm³/mol. The van der Waals surface area contributed by atoms with Gasteiger partial charge in [-0.1, -0.05) is 111 Å². The number of halogens is 2. The largest absolute Gasteiger partial charge is 0.487 e. The SMILES string of the molecule is COc1nc2cccc(OCc3c(Cl)ccc(N(C)C(=O)CNC(=O)/C=C/c4ccc(NC(C)=O)nc4)c3Cl)c2n1CCO[Si](c1ccccc1)(c1ccccc1)C(C)(C)C. The molecule has 2 heterocycles. The van der Waals surface area contributed by atoms with Crippen LogP contribution in [0.25, 0.3) is 17.1 Å². The van der Waals surface area contributed by atoms with Gasteiger partial charge < -0.3 is 29.4 Å². The summed E-state index contributed by atoms with van der Waals surface area (Å²) in [4.78, 5) is 47.3. The molecular formula is C46H48Cl2N6O6Si. The molecule has 0 saturated carbocycles. The topological polar surface area (TPSA) is 137 Å². The maximum Gasteiger partial charge on any atom is 0.297 e. The molecule has 0 atom stereocenters. The van der Waals surface area contributed by atoms with Crippen LogP contribution in [-0.4, -0.2) is 67.9 Å². The molecule has 3 amide bonds. The highest BCUT2D eigenvalue weighted by Crippen LogP contribution is 2.38. The molecular weight excluding hydrogens is 832 g/mol. The van der Waals surface area contributed by atoms with Crippen molar-refractivity contribution >= 4 is 88.2 Å². The molecule has 0 spiro atoms. The van der Waals surface area contributed by atoms with Gasteiger partial charge in [-0.3, -0.25) is 19.0 Å². The second kappa shape index (κ2) is 19.6. The van der Waals surface area contributed by atoms with Gasteiger partial charge in [-0.05, 0) is 63.4 Å². The van der Waals surface area contributed by atoms with Crippen molar-refractivity contribution in [3.05, 3.63) is 137 Å². The molecule has 15 heteroatoms. The molecule has 0 aliphatic heterocycles. The van der Waals surface area contributed by atoms with Gasteiger partial charge >= 0.3 is 0 Å². The lowest BCUT2D eigenvalue weighted by molar-refractivity contribution is -0.122. The van der Waals surface area contributed by atoms with Crippen molar-refractivity contribution in [3.8, 4) is 11.8 Å². The summed E-state index contributed by atoms with van der Waals surface area (Å²) < 4.78 is 21.4. The van der Waals surface area contributed by atoms with Crippen molar-refractivity contribution < 1.29 is 28.3 Å². The fraction of sp³-hybridized carbons (Fsp3) is 0.239. The predicted octanol–water partition coefficient (Wildman–Crippen LogP) is 7.65. The number of likely N-dealkylation sites (N-methyl/N-ethyl adjacent to an activating group) is 1. The van der Waals surface area contributed by atoms with Crippen LogP contribution in [0.5, 0.6) is 11.8 Å². The number of methoxy groups -OCH3 is 1. The van der Waals surface area contributed by atoms with Gasteiger partial charge in [-0.25, -0.2) is 4.98 Å². The lowest BCUT2D eigenvalue weighted by Gasteiger charge is -2.43. The molecule has 0 radical (unpaired) electrons. The Balaban J connectivity index is 1.17. The summed E-state index contributed by atoms with van der Waals surface area (Å²) in [5.74, 6) is -0.216. The Kier molecular flexibility index (Phi) is 14.3. The Hall–Kier alpha value is -5.99. The van der Waals surface area contributed by atoms with Crippen molar-refractivity contribution in [2.75, 3.05) is 37.5 Å². The number of rotatable bonds is 16. The molecule has 6 rings (SSSR count). The summed E-state index contributed by atoms with van der Waals surface area (Å²) in [7, 11) is 0.328. The maximum absolute atomic E-state index is 13.2. The maximum atomic E-state index is 13.2. The van der Waals surface area contributed by atoms with Gasteiger partial charge in [0.05, 0.1) is 36.5 Å². The first-order valence-corrected chi connectivity index (χ1v) is 22.2. The van der Waals surface area contributed by atoms with E-state index in [0.29, 0.717) is 63.6 Å². The smallest absolute Gasteiger partial charge is 0.297 e. The molecule has 0 aliphatic carbocycles. The minimum atomic E-state index is -2.82. The van der Waals surface area contributed by atoms with E-state index in [1.54, 1.807) is 44.5 Å². The van der Waals surface area contributed by atoms with Crippen LogP contribution in [0.2, 0.25) is 15.1 Å². The van der Waals surface area contributed by atoms with Crippen LogP contribution in [0.15, 0.2) is 115 Å². The number of nitrogens with zero attached hydrogens (tertiary/aromatic N) is 4. The van der Waals surface area contributed by atoms with E-state index >= 15 is 0 Å². The highest BCUT2D eigenvalue weighted by molar-refractivity contribution is 6.99. The average Bonchev–Trinajstić information content (AvgIpc) is 3.62. The van der Waals surface area contributed by atoms with Crippen LogP contribution in [0.4, 0.5) is 11.5 Å². The molecule has 0 aliphatic rings. The van der Waals surface area contributed by atoms with E-state index in [2.05, 4.69) is 84.9 Å². The molecule has 12 nitrogen and oxygen atoms in total. The van der Waals surface area contributed by atoms with E-state index in [9.17, 15) is 14.4 Å². The van der Waals surface area contributed by atoms with Gasteiger partial charge in [0.1, 0.15) is 23.7 Å². The van der Waals surface area contributed by atoms with Crippen LogP contribution in [-0.2, 0) is 32.0 Å². The number of ether oxygens (including phenoxy) is 2. The van der Waals surface area contributed by atoms with E-state index in [0.717, 1.165) is 0 Å². The van der Waals surface area contributed by atoms with Gasteiger partial charge in [-0.15, -0.1) is 0 Å². The van der Waals surface area contributed by atoms with Gasteiger partial charge in [-0.2, -0.15) is 4.98 Å². The Morgan fingerprint density at radius 1 is 0.902 bits per heavy atom. The number of anilines is 2. The van der Waals surface area contributed by atoms with Crippen LogP contribution in [0, 0.1) is 0 Å². The zero-order chi connectivity index (χ0) is 43.7. The third-order valence-electron chi connectivity index (χ3n) is 10.1. The number of carbonyl (C=O) groups excluding carboxylic acids is 3. The normalized spacial score (nSPS) is 11.7. The van der Waals surface area contributed by atoms with Crippen molar-refractivity contribution in [1.29, 1.82) is 0 Å². The van der Waals surface area contributed by atoms with E-state index in [1.807, 2.05) is 34.9 Å². The number of imidazole rings is 1. The first-order chi connectivity index (χ1) is 29.2. The van der Waals surface area contributed by atoms with Gasteiger partial charge in [0, 0.05) is 43.4 Å². The van der Waals surface area contributed by atoms with Crippen molar-refractivity contribution in [1.82, 2.24) is 19.9 Å². The molecule has 6 aromatic rings. The number of hydrogen-bond donors (Lipinski definition) is 2. The number of aromatic nitrogens is 3. The molecule has 61 heavy (non-hydrogen) atoms. The fourth-order valence-electron chi connectivity index (χ4n) is 7.19. The van der Waals surface area contributed by atoms with E-state index in [4.69, 9.17) is 42.1 Å². The number of para-hydroxylation sites is 1. The monoisotopic (exact) mass is 878 g/mol. The summed E-state index contributed by atoms with van der Waals surface area (Å²) in [5.41, 5.74) is 2.87. The van der Waals surface area contributed by atoms with Crippen LogP contribution in [0.3, 0.4) is 0 Å². The van der Waals surface area contributed by atoms with E-state index in [1.165, 1.54) is 34.5 Å². The second-order valence-electron chi connectivity index (χ2n) is 15.2. The number of carbonyl (C=O) groups is 3. The quantitative estimate of drug-likeness (QED) is 0.0748. The average molecular weight is 880 g/mol. The van der Waals surface area contributed by atoms with Crippen molar-refractivity contribution in [3.63, 3.8) is 0 Å². The zero-order valence-corrected chi connectivity index (χ0v) is 37.4. The third-order valence-corrected chi connectivity index (χ3v) is 16.0. The summed E-state index contributed by atoms with van der Waals surface area (Å²) in [6, 6.07) is 33.6. The number of fused-ring (bicyclic) bond motifs is 1. The lowest BCUT2D eigenvalue weighted by Crippen LogP contribution is -2.66. The second-order valence-corrected chi connectivity index (χ2v) is 20.3. The molecule has 0 fully saturated rings. The molecule has 2 N–H and O–H groups in total. The van der Waals surface area contributed by atoms with Crippen molar-refractivity contribution in [2.45, 2.75) is 45.9 Å². The summed E-state index contributed by atoms with van der Waals surface area (Å²) >= 11 is 13.6. The molecule has 2 aromatic heterocycles.